The second kappa shape index (κ2) is 8.31. The van der Waals surface area contributed by atoms with E-state index in [0.29, 0.717) is 6.07 Å². The molecule has 0 aromatic heterocycles. The van der Waals surface area contributed by atoms with Crippen molar-refractivity contribution in [2.24, 2.45) is 0 Å². The molecule has 28 heavy (non-hydrogen) atoms. The summed E-state index contributed by atoms with van der Waals surface area (Å²) < 4.78 is 53.8. The average molecular weight is 390 g/mol. The van der Waals surface area contributed by atoms with Crippen LogP contribution in [-0.2, 0) is 15.7 Å². The van der Waals surface area contributed by atoms with Crippen LogP contribution in [0, 0.1) is 22.7 Å². The molecule has 2 aromatic rings. The largest absolute Gasteiger partial charge is 0.477 e. The van der Waals surface area contributed by atoms with Crippen molar-refractivity contribution in [2.45, 2.75) is 19.2 Å². The quantitative estimate of drug-likeness (QED) is 0.711. The summed E-state index contributed by atoms with van der Waals surface area (Å²) in [4.78, 5) is 11.5. The van der Waals surface area contributed by atoms with Crippen LogP contribution in [0.3, 0.4) is 0 Å². The molecule has 9 heteroatoms. The van der Waals surface area contributed by atoms with Crippen molar-refractivity contribution in [3.63, 3.8) is 0 Å². The molecule has 0 amide bonds. The Hall–Kier alpha value is -3.72. The van der Waals surface area contributed by atoms with E-state index in [0.717, 1.165) is 12.1 Å². The topological polar surface area (TPSA) is 92.3 Å². The molecule has 1 atom stereocenters. The molecule has 0 bridgehead atoms. The van der Waals surface area contributed by atoms with Crippen LogP contribution < -0.4 is 9.47 Å². The Morgan fingerprint density at radius 3 is 2.29 bits per heavy atom. The van der Waals surface area contributed by atoms with Gasteiger partial charge in [0.1, 0.15) is 29.4 Å². The second-order valence-corrected chi connectivity index (χ2v) is 5.48. The second-order valence-electron chi connectivity index (χ2n) is 5.48. The molecule has 0 aliphatic rings. The molecule has 0 radical (unpaired) electrons. The van der Waals surface area contributed by atoms with Crippen molar-refractivity contribution in [2.75, 3.05) is 7.11 Å². The van der Waals surface area contributed by atoms with Gasteiger partial charge in [0.05, 0.1) is 23.8 Å². The first-order chi connectivity index (χ1) is 13.2. The fraction of sp³-hybridized carbons (Fsp3) is 0.211. The number of benzene rings is 2. The molecular weight excluding hydrogens is 377 g/mol. The van der Waals surface area contributed by atoms with Crippen molar-refractivity contribution in [3.8, 4) is 29.4 Å². The van der Waals surface area contributed by atoms with Gasteiger partial charge < -0.3 is 14.2 Å². The minimum absolute atomic E-state index is 0.0170. The number of esters is 1. The predicted molar refractivity (Wildman–Crippen MR) is 89.5 cm³/mol. The van der Waals surface area contributed by atoms with Crippen LogP contribution in [0.5, 0.6) is 17.2 Å². The Kier molecular flexibility index (Phi) is 6.11. The van der Waals surface area contributed by atoms with Crippen molar-refractivity contribution in [1.82, 2.24) is 0 Å². The summed E-state index contributed by atoms with van der Waals surface area (Å²) in [5.41, 5.74) is -1.19. The number of hydrogen-bond donors (Lipinski definition) is 0. The van der Waals surface area contributed by atoms with Crippen LogP contribution in [0.15, 0.2) is 36.4 Å². The highest BCUT2D eigenvalue weighted by Crippen LogP contribution is 2.35. The molecule has 0 saturated heterocycles. The maximum Gasteiger partial charge on any atom is 0.416 e. The molecule has 0 aliphatic heterocycles. The van der Waals surface area contributed by atoms with E-state index in [9.17, 15) is 18.0 Å². The number of ether oxygens (including phenoxy) is 3. The number of nitriles is 2. The van der Waals surface area contributed by atoms with Gasteiger partial charge in [0, 0.05) is 6.07 Å². The minimum atomic E-state index is -4.59. The van der Waals surface area contributed by atoms with Crippen molar-refractivity contribution in [3.05, 3.63) is 53.1 Å². The molecule has 6 nitrogen and oxygen atoms in total. The Labute approximate surface area is 158 Å². The maximum atomic E-state index is 12.8. The highest BCUT2D eigenvalue weighted by atomic mass is 19.4. The number of methoxy groups -OCH3 is 1. The zero-order valence-corrected chi connectivity index (χ0v) is 14.7. The Bertz CT molecular complexity index is 975. The zero-order chi connectivity index (χ0) is 20.9. The SMILES string of the molecule is COC(=O)C(C)Oc1cc(Oc2ccc(C(F)(F)F)cc2C#N)ccc1C#N. The first-order valence-corrected chi connectivity index (χ1v) is 7.77. The lowest BCUT2D eigenvalue weighted by molar-refractivity contribution is -0.148. The Morgan fingerprint density at radius 2 is 1.71 bits per heavy atom. The van der Waals surface area contributed by atoms with Gasteiger partial charge in [0.25, 0.3) is 0 Å². The number of hydrogen-bond acceptors (Lipinski definition) is 6. The fourth-order valence-corrected chi connectivity index (χ4v) is 2.17. The van der Waals surface area contributed by atoms with E-state index in [1.807, 2.05) is 6.07 Å². The van der Waals surface area contributed by atoms with Crippen molar-refractivity contribution >= 4 is 5.97 Å². The summed E-state index contributed by atoms with van der Waals surface area (Å²) in [5, 5.41) is 18.3. The first-order valence-electron chi connectivity index (χ1n) is 7.77. The van der Waals surface area contributed by atoms with E-state index >= 15 is 0 Å². The van der Waals surface area contributed by atoms with Crippen molar-refractivity contribution < 1.29 is 32.2 Å². The summed E-state index contributed by atoms with van der Waals surface area (Å²) >= 11 is 0. The smallest absolute Gasteiger partial charge is 0.416 e. The molecule has 2 aromatic carbocycles. The van der Waals surface area contributed by atoms with Crippen LogP contribution in [-0.4, -0.2) is 19.2 Å². The molecule has 0 saturated carbocycles. The molecule has 0 spiro atoms. The summed E-state index contributed by atoms with van der Waals surface area (Å²) in [6.07, 6.45) is -5.60. The van der Waals surface area contributed by atoms with Crippen LogP contribution in [0.4, 0.5) is 13.2 Å². The Balaban J connectivity index is 2.35. The minimum Gasteiger partial charge on any atom is -0.477 e. The first kappa shape index (κ1) is 20.6. The van der Waals surface area contributed by atoms with Gasteiger partial charge in [-0.15, -0.1) is 0 Å². The van der Waals surface area contributed by atoms with Gasteiger partial charge >= 0.3 is 12.1 Å². The highest BCUT2D eigenvalue weighted by Gasteiger charge is 2.31. The number of halogens is 3. The number of rotatable bonds is 5. The van der Waals surface area contributed by atoms with E-state index in [-0.39, 0.29) is 28.4 Å². The van der Waals surface area contributed by atoms with E-state index in [1.165, 1.54) is 32.2 Å². The van der Waals surface area contributed by atoms with Crippen LogP contribution >= 0.6 is 0 Å². The molecule has 0 fully saturated rings. The summed E-state index contributed by atoms with van der Waals surface area (Å²) in [6.45, 7) is 1.42. The monoisotopic (exact) mass is 390 g/mol. The van der Waals surface area contributed by atoms with Gasteiger partial charge in [0.15, 0.2) is 6.10 Å². The lowest BCUT2D eigenvalue weighted by Crippen LogP contribution is -2.25. The average Bonchev–Trinajstić information content (AvgIpc) is 2.66. The summed E-state index contributed by atoms with van der Waals surface area (Å²) in [6, 6.07) is 10.0. The predicted octanol–water partition coefficient (Wildman–Crippen LogP) is 4.18. The maximum absolute atomic E-state index is 12.8. The van der Waals surface area contributed by atoms with Gasteiger partial charge in [-0.05, 0) is 37.3 Å². The van der Waals surface area contributed by atoms with Crippen molar-refractivity contribution in [1.29, 1.82) is 10.5 Å². The van der Waals surface area contributed by atoms with Crippen LogP contribution in [0.2, 0.25) is 0 Å². The van der Waals surface area contributed by atoms with Crippen LogP contribution in [0.25, 0.3) is 0 Å². The van der Waals surface area contributed by atoms with Gasteiger partial charge in [-0.25, -0.2) is 4.79 Å². The summed E-state index contributed by atoms with van der Waals surface area (Å²) in [5.74, 6) is -0.650. The van der Waals surface area contributed by atoms with E-state index in [1.54, 1.807) is 6.07 Å². The lowest BCUT2D eigenvalue weighted by Gasteiger charge is -2.15. The molecule has 0 heterocycles. The fourth-order valence-electron chi connectivity index (χ4n) is 2.17. The van der Waals surface area contributed by atoms with E-state index < -0.39 is 23.8 Å². The molecule has 2 rings (SSSR count). The molecule has 144 valence electrons. The van der Waals surface area contributed by atoms with Gasteiger partial charge in [-0.1, -0.05) is 0 Å². The number of nitrogens with zero attached hydrogens (tertiary/aromatic N) is 2. The molecule has 0 N–H and O–H groups in total. The Morgan fingerprint density at radius 1 is 1.04 bits per heavy atom. The molecule has 1 unspecified atom stereocenters. The normalized spacial score (nSPS) is 11.7. The number of carbonyl (C=O) groups excluding carboxylic acids is 1. The third-order valence-electron chi connectivity index (χ3n) is 3.57. The van der Waals surface area contributed by atoms with Gasteiger partial charge in [-0.3, -0.25) is 0 Å². The number of alkyl halides is 3. The van der Waals surface area contributed by atoms with Crippen LogP contribution in [0.1, 0.15) is 23.6 Å². The highest BCUT2D eigenvalue weighted by molar-refractivity contribution is 5.74. The number of carbonyl (C=O) groups is 1. The third kappa shape index (κ3) is 4.71. The van der Waals surface area contributed by atoms with Gasteiger partial charge in [0.2, 0.25) is 0 Å². The van der Waals surface area contributed by atoms with Gasteiger partial charge in [-0.2, -0.15) is 23.7 Å². The summed E-state index contributed by atoms with van der Waals surface area (Å²) in [7, 11) is 1.18. The molecule has 0 aliphatic carbocycles. The standard InChI is InChI=1S/C19H13F3N2O4/c1-11(18(25)26-2)27-17-8-15(5-3-12(17)9-23)28-16-6-4-14(19(20,21)22)7-13(16)10-24/h3-8,11H,1-2H3. The lowest BCUT2D eigenvalue weighted by atomic mass is 10.1. The van der Waals surface area contributed by atoms with E-state index in [4.69, 9.17) is 20.0 Å². The zero-order valence-electron chi connectivity index (χ0n) is 14.7. The van der Waals surface area contributed by atoms with E-state index in [2.05, 4.69) is 4.74 Å². The third-order valence-corrected chi connectivity index (χ3v) is 3.57. The molecular formula is C19H13F3N2O4.